The summed E-state index contributed by atoms with van der Waals surface area (Å²) in [6.45, 7) is 3.61. The van der Waals surface area contributed by atoms with E-state index in [-0.39, 0.29) is 12.5 Å². The minimum absolute atomic E-state index is 0.0497. The van der Waals surface area contributed by atoms with Crippen LogP contribution < -0.4 is 14.9 Å². The van der Waals surface area contributed by atoms with Crippen LogP contribution in [-0.2, 0) is 6.42 Å². The van der Waals surface area contributed by atoms with Gasteiger partial charge in [0.25, 0.3) is 5.69 Å². The van der Waals surface area contributed by atoms with Gasteiger partial charge in [-0.2, -0.15) is 10.4 Å². The van der Waals surface area contributed by atoms with Crippen molar-refractivity contribution in [1.29, 1.82) is 5.26 Å². The second-order valence-corrected chi connectivity index (χ2v) is 6.81. The Morgan fingerprint density at radius 2 is 2.04 bits per heavy atom. The molecular weight excluding hydrogens is 348 g/mol. The summed E-state index contributed by atoms with van der Waals surface area (Å²) in [4.78, 5) is 10.7. The Labute approximate surface area is 155 Å². The SMILES string of the molecule is Cc1cc(C2=NNC(C)(C#N)Cc3cc4c(cc32)OCO4)ccc1[N+](=O)[O-]. The molecule has 8 heteroatoms. The highest BCUT2D eigenvalue weighted by Crippen LogP contribution is 2.38. The van der Waals surface area contributed by atoms with E-state index in [4.69, 9.17) is 9.47 Å². The van der Waals surface area contributed by atoms with Crippen LogP contribution in [-0.4, -0.2) is 23.0 Å². The van der Waals surface area contributed by atoms with Gasteiger partial charge in [0, 0.05) is 29.2 Å². The number of nitrogens with one attached hydrogen (secondary N) is 1. The number of nitriles is 1. The van der Waals surface area contributed by atoms with Crippen molar-refractivity contribution in [2.24, 2.45) is 5.10 Å². The van der Waals surface area contributed by atoms with Gasteiger partial charge in [0.2, 0.25) is 6.79 Å². The summed E-state index contributed by atoms with van der Waals surface area (Å²) in [5.41, 5.74) is 5.65. The highest BCUT2D eigenvalue weighted by atomic mass is 16.7. The number of hydrazone groups is 1. The third-order valence-corrected chi connectivity index (χ3v) is 4.73. The van der Waals surface area contributed by atoms with Crippen LogP contribution in [0.2, 0.25) is 0 Å². The summed E-state index contributed by atoms with van der Waals surface area (Å²) >= 11 is 0. The molecule has 0 saturated carbocycles. The van der Waals surface area contributed by atoms with Crippen molar-refractivity contribution in [3.8, 4) is 17.6 Å². The number of fused-ring (bicyclic) bond motifs is 2. The first-order valence-electron chi connectivity index (χ1n) is 8.35. The Hall–Kier alpha value is -3.60. The van der Waals surface area contributed by atoms with E-state index in [0.717, 1.165) is 11.1 Å². The zero-order valence-electron chi connectivity index (χ0n) is 14.8. The van der Waals surface area contributed by atoms with Gasteiger partial charge in [0.05, 0.1) is 16.7 Å². The van der Waals surface area contributed by atoms with E-state index < -0.39 is 10.5 Å². The molecule has 0 fully saturated rings. The van der Waals surface area contributed by atoms with E-state index in [1.54, 1.807) is 26.0 Å². The van der Waals surface area contributed by atoms with E-state index in [1.165, 1.54) is 6.07 Å². The maximum absolute atomic E-state index is 11.1. The molecule has 8 nitrogen and oxygen atoms in total. The lowest BCUT2D eigenvalue weighted by Gasteiger charge is -2.19. The van der Waals surface area contributed by atoms with Gasteiger partial charge in [-0.1, -0.05) is 0 Å². The first-order valence-corrected chi connectivity index (χ1v) is 8.35. The number of nitro groups is 1. The molecule has 1 unspecified atom stereocenters. The van der Waals surface area contributed by atoms with Gasteiger partial charge < -0.3 is 9.47 Å². The predicted molar refractivity (Wildman–Crippen MR) is 96.9 cm³/mol. The summed E-state index contributed by atoms with van der Waals surface area (Å²) in [6.07, 6.45) is 0.425. The first-order chi connectivity index (χ1) is 12.9. The van der Waals surface area contributed by atoms with Gasteiger partial charge in [0.15, 0.2) is 11.5 Å². The van der Waals surface area contributed by atoms with Crippen LogP contribution in [0.1, 0.15) is 29.2 Å². The number of nitro benzene ring substituents is 1. The zero-order chi connectivity index (χ0) is 19.2. The van der Waals surface area contributed by atoms with E-state index in [1.807, 2.05) is 12.1 Å². The molecule has 0 bridgehead atoms. The van der Waals surface area contributed by atoms with Gasteiger partial charge in [-0.3, -0.25) is 15.5 Å². The lowest BCUT2D eigenvalue weighted by Crippen LogP contribution is -2.39. The smallest absolute Gasteiger partial charge is 0.272 e. The number of nitrogens with zero attached hydrogens (tertiary/aromatic N) is 3. The van der Waals surface area contributed by atoms with E-state index in [0.29, 0.717) is 34.8 Å². The zero-order valence-corrected chi connectivity index (χ0v) is 14.8. The summed E-state index contributed by atoms with van der Waals surface area (Å²) < 4.78 is 11.0. The Morgan fingerprint density at radius 1 is 1.30 bits per heavy atom. The van der Waals surface area contributed by atoms with Crippen LogP contribution in [0.15, 0.2) is 35.4 Å². The third-order valence-electron chi connectivity index (χ3n) is 4.73. The highest BCUT2D eigenvalue weighted by Gasteiger charge is 2.32. The van der Waals surface area contributed by atoms with Gasteiger partial charge >= 0.3 is 0 Å². The molecule has 2 aliphatic heterocycles. The van der Waals surface area contributed by atoms with Crippen LogP contribution in [0.4, 0.5) is 5.69 Å². The average Bonchev–Trinajstić information content (AvgIpc) is 3.03. The van der Waals surface area contributed by atoms with Gasteiger partial charge in [-0.05, 0) is 43.7 Å². The van der Waals surface area contributed by atoms with Crippen molar-refractivity contribution >= 4 is 11.4 Å². The fraction of sp³-hybridized carbons (Fsp3) is 0.263. The standard InChI is InChI=1S/C19H16N4O4/c1-11-5-12(3-4-15(11)23(24)25)18-14-7-17-16(26-10-27-17)6-13(14)8-19(2,9-20)22-21-18/h3-7,22H,8,10H2,1-2H3. The molecule has 136 valence electrons. The lowest BCUT2D eigenvalue weighted by molar-refractivity contribution is -0.385. The number of rotatable bonds is 2. The molecule has 0 spiro atoms. The van der Waals surface area contributed by atoms with Gasteiger partial charge in [-0.15, -0.1) is 0 Å². The van der Waals surface area contributed by atoms with Crippen LogP contribution >= 0.6 is 0 Å². The van der Waals surface area contributed by atoms with Crippen LogP contribution in [0.25, 0.3) is 0 Å². The molecule has 2 aromatic carbocycles. The minimum atomic E-state index is -0.889. The van der Waals surface area contributed by atoms with E-state index in [2.05, 4.69) is 16.6 Å². The maximum Gasteiger partial charge on any atom is 0.272 e. The summed E-state index contributed by atoms with van der Waals surface area (Å²) in [5.74, 6) is 1.25. The van der Waals surface area contributed by atoms with E-state index >= 15 is 0 Å². The molecule has 2 heterocycles. The minimum Gasteiger partial charge on any atom is -0.454 e. The molecule has 1 atom stereocenters. The monoisotopic (exact) mass is 364 g/mol. The Morgan fingerprint density at radius 3 is 2.70 bits per heavy atom. The maximum atomic E-state index is 11.1. The number of hydrogen-bond donors (Lipinski definition) is 1. The Balaban J connectivity index is 1.89. The Kier molecular flexibility index (Phi) is 3.73. The molecule has 0 saturated heterocycles. The van der Waals surface area contributed by atoms with Crippen molar-refractivity contribution in [1.82, 2.24) is 5.43 Å². The number of benzene rings is 2. The number of aryl methyl sites for hydroxylation is 1. The molecule has 0 aliphatic carbocycles. The molecule has 2 aromatic rings. The summed E-state index contributed by atoms with van der Waals surface area (Å²) in [6, 6.07) is 10.8. The highest BCUT2D eigenvalue weighted by molar-refractivity contribution is 6.14. The fourth-order valence-corrected chi connectivity index (χ4v) is 3.30. The predicted octanol–water partition coefficient (Wildman–Crippen LogP) is 2.81. The molecule has 0 amide bonds. The van der Waals surface area contributed by atoms with Crippen molar-refractivity contribution in [2.75, 3.05) is 6.79 Å². The number of hydrogen-bond acceptors (Lipinski definition) is 7. The van der Waals surface area contributed by atoms with Crippen molar-refractivity contribution < 1.29 is 14.4 Å². The summed E-state index contributed by atoms with van der Waals surface area (Å²) in [7, 11) is 0. The van der Waals surface area contributed by atoms with Gasteiger partial charge in [-0.25, -0.2) is 0 Å². The molecule has 0 aromatic heterocycles. The van der Waals surface area contributed by atoms with Gasteiger partial charge in [0.1, 0.15) is 5.54 Å². The third kappa shape index (κ3) is 2.83. The largest absolute Gasteiger partial charge is 0.454 e. The molecular formula is C19H16N4O4. The van der Waals surface area contributed by atoms with Crippen molar-refractivity contribution in [3.05, 3.63) is 62.7 Å². The topological polar surface area (TPSA) is 110 Å². The average molecular weight is 364 g/mol. The fourth-order valence-electron chi connectivity index (χ4n) is 3.30. The second kappa shape index (κ2) is 5.99. The summed E-state index contributed by atoms with van der Waals surface area (Å²) in [5, 5.41) is 25.2. The molecule has 1 N–H and O–H groups in total. The molecule has 2 aliphatic rings. The first kappa shape index (κ1) is 16.8. The van der Waals surface area contributed by atoms with Crippen molar-refractivity contribution in [2.45, 2.75) is 25.8 Å². The second-order valence-electron chi connectivity index (χ2n) is 6.81. The Bertz CT molecular complexity index is 1040. The quantitative estimate of drug-likeness (QED) is 0.648. The van der Waals surface area contributed by atoms with Crippen LogP contribution in [0.5, 0.6) is 11.5 Å². The molecule has 27 heavy (non-hydrogen) atoms. The van der Waals surface area contributed by atoms with Crippen LogP contribution in [0, 0.1) is 28.4 Å². The molecule has 4 rings (SSSR count). The van der Waals surface area contributed by atoms with E-state index in [9.17, 15) is 15.4 Å². The lowest BCUT2D eigenvalue weighted by atomic mass is 9.89. The molecule has 0 radical (unpaired) electrons. The van der Waals surface area contributed by atoms with Crippen molar-refractivity contribution in [3.63, 3.8) is 0 Å². The van der Waals surface area contributed by atoms with Crippen LogP contribution in [0.3, 0.4) is 0 Å². The number of ether oxygens (including phenoxy) is 2. The normalized spacial score (nSPS) is 20.0.